The molecule has 0 saturated heterocycles. The van der Waals surface area contributed by atoms with Gasteiger partial charge in [-0.05, 0) is 20.5 Å². The molecule has 1 rings (SSSR count). The van der Waals surface area contributed by atoms with Crippen LogP contribution in [0.25, 0.3) is 0 Å². The van der Waals surface area contributed by atoms with E-state index in [1.165, 1.54) is 0 Å². The summed E-state index contributed by atoms with van der Waals surface area (Å²) in [7, 11) is 3.83. The highest BCUT2D eigenvalue weighted by Crippen LogP contribution is 2.01. The third-order valence-corrected chi connectivity index (χ3v) is 2.15. The van der Waals surface area contributed by atoms with Gasteiger partial charge in [0.15, 0.2) is 5.82 Å². The number of rotatable bonds is 3. The van der Waals surface area contributed by atoms with E-state index in [2.05, 4.69) is 10.6 Å². The van der Waals surface area contributed by atoms with E-state index in [-0.39, 0.29) is 12.0 Å². The van der Waals surface area contributed by atoms with Crippen LogP contribution in [0.15, 0.2) is 11.9 Å². The smallest absolute Gasteiger partial charge is 0.310 e. The van der Waals surface area contributed by atoms with Gasteiger partial charge in [-0.2, -0.15) is 0 Å². The van der Waals surface area contributed by atoms with Crippen LogP contribution < -0.4 is 16.4 Å². The average Bonchev–Trinajstić information content (AvgIpc) is 2.19. The maximum Gasteiger partial charge on any atom is 0.310 e. The van der Waals surface area contributed by atoms with Gasteiger partial charge in [0, 0.05) is 6.08 Å². The molecule has 4 N–H and O–H groups in total. The number of hydroxylamine groups is 1. The molecular formula is C9H19N5O. The van der Waals surface area contributed by atoms with Crippen molar-refractivity contribution in [2.75, 3.05) is 20.6 Å². The van der Waals surface area contributed by atoms with Gasteiger partial charge in [-0.1, -0.05) is 6.92 Å². The van der Waals surface area contributed by atoms with Crippen LogP contribution in [0, 0.1) is 5.21 Å². The molecule has 0 bridgehead atoms. The normalized spacial score (nSPS) is 21.3. The predicted molar refractivity (Wildman–Crippen MR) is 59.8 cm³/mol. The number of nitrogens with two attached hydrogens (primary N) is 1. The number of hydrogen-bond donors (Lipinski definition) is 3. The van der Waals surface area contributed by atoms with Crippen molar-refractivity contribution in [2.45, 2.75) is 19.5 Å². The third-order valence-electron chi connectivity index (χ3n) is 2.15. The molecule has 0 aromatic rings. The maximum absolute atomic E-state index is 11.5. The number of hydrogen-bond acceptors (Lipinski definition) is 5. The van der Waals surface area contributed by atoms with E-state index in [0.717, 1.165) is 13.0 Å². The molecule has 1 heterocycles. The van der Waals surface area contributed by atoms with Crippen molar-refractivity contribution in [1.29, 1.82) is 0 Å². The second-order valence-electron chi connectivity index (χ2n) is 3.71. The summed E-state index contributed by atoms with van der Waals surface area (Å²) >= 11 is 0. The Bertz CT molecular complexity index is 284. The fraction of sp³-hybridized carbons (Fsp3) is 0.667. The Kier molecular flexibility index (Phi) is 3.79. The lowest BCUT2D eigenvalue weighted by molar-refractivity contribution is -0.412. The zero-order valence-electron chi connectivity index (χ0n) is 9.45. The van der Waals surface area contributed by atoms with Gasteiger partial charge in [-0.15, -0.1) is 0 Å². The molecule has 1 unspecified atom stereocenters. The van der Waals surface area contributed by atoms with Gasteiger partial charge in [-0.25, -0.2) is 4.74 Å². The summed E-state index contributed by atoms with van der Waals surface area (Å²) < 4.78 is 0.676. The number of guanidine groups is 1. The van der Waals surface area contributed by atoms with Crippen LogP contribution in [0.1, 0.15) is 13.3 Å². The average molecular weight is 213 g/mol. The van der Waals surface area contributed by atoms with E-state index < -0.39 is 0 Å². The molecule has 6 nitrogen and oxygen atoms in total. The Hall–Kier alpha value is -1.43. The van der Waals surface area contributed by atoms with E-state index in [1.807, 2.05) is 25.9 Å². The summed E-state index contributed by atoms with van der Waals surface area (Å²) in [5, 5.41) is 17.6. The minimum atomic E-state index is -0.0467. The van der Waals surface area contributed by atoms with Crippen molar-refractivity contribution < 1.29 is 4.74 Å². The van der Waals surface area contributed by atoms with E-state index >= 15 is 0 Å². The first kappa shape index (κ1) is 11.6. The lowest BCUT2D eigenvalue weighted by atomic mass is 10.3. The first-order chi connectivity index (χ1) is 7.06. The van der Waals surface area contributed by atoms with Gasteiger partial charge >= 0.3 is 5.96 Å². The quantitative estimate of drug-likeness (QED) is 0.420. The molecule has 1 atom stereocenters. The molecule has 86 valence electrons. The van der Waals surface area contributed by atoms with Crippen LogP contribution in [0.5, 0.6) is 0 Å². The third kappa shape index (κ3) is 2.76. The van der Waals surface area contributed by atoms with Crippen LogP contribution in [0.4, 0.5) is 0 Å². The lowest BCUT2D eigenvalue weighted by Gasteiger charge is -2.29. The molecule has 0 fully saturated rings. The minimum Gasteiger partial charge on any atom is -0.754 e. The van der Waals surface area contributed by atoms with Crippen LogP contribution in [-0.2, 0) is 0 Å². The van der Waals surface area contributed by atoms with Crippen LogP contribution in [-0.4, -0.2) is 42.4 Å². The van der Waals surface area contributed by atoms with Crippen molar-refractivity contribution in [1.82, 2.24) is 15.5 Å². The molecule has 0 amide bonds. The number of likely N-dealkylation sites (N-methyl/N-ethyl adjacent to an activating group) is 1. The molecule has 0 radical (unpaired) electrons. The summed E-state index contributed by atoms with van der Waals surface area (Å²) in [5.74, 6) is 0.626. The Morgan fingerprint density at radius 2 is 2.33 bits per heavy atom. The Morgan fingerprint density at radius 1 is 1.67 bits per heavy atom. The minimum absolute atomic E-state index is 0.0467. The van der Waals surface area contributed by atoms with Gasteiger partial charge < -0.3 is 10.9 Å². The summed E-state index contributed by atoms with van der Waals surface area (Å²) in [5.41, 5.74) is 5.62. The second-order valence-corrected chi connectivity index (χ2v) is 3.71. The van der Waals surface area contributed by atoms with Crippen LogP contribution >= 0.6 is 0 Å². The van der Waals surface area contributed by atoms with Gasteiger partial charge in [0.05, 0.1) is 6.54 Å². The first-order valence-electron chi connectivity index (χ1n) is 5.04. The monoisotopic (exact) mass is 213 g/mol. The fourth-order valence-electron chi connectivity index (χ4n) is 1.24. The summed E-state index contributed by atoms with van der Waals surface area (Å²) in [4.78, 5) is 1.94. The van der Waals surface area contributed by atoms with Crippen molar-refractivity contribution in [3.05, 3.63) is 17.1 Å². The molecule has 0 aliphatic carbocycles. The van der Waals surface area contributed by atoms with E-state index in [1.54, 1.807) is 6.08 Å². The molecule has 0 aromatic carbocycles. The van der Waals surface area contributed by atoms with Crippen LogP contribution in [0.2, 0.25) is 0 Å². The number of nitrogens with one attached hydrogen (secondary N) is 2. The fourth-order valence-corrected chi connectivity index (χ4v) is 1.24. The topological polar surface area (TPSA) is 79.4 Å². The van der Waals surface area contributed by atoms with Gasteiger partial charge in [0.25, 0.3) is 0 Å². The standard InChI is InChI=1S/C9H19N5O/c1-4-5-11-9-12-8(13(2)3)6-7(10)14(9)15/h6,8,11-12H,4-5,10H2,1-3H3. The molecule has 15 heavy (non-hydrogen) atoms. The van der Waals surface area contributed by atoms with E-state index in [0.29, 0.717) is 10.7 Å². The zero-order chi connectivity index (χ0) is 11.4. The zero-order valence-corrected chi connectivity index (χ0v) is 9.45. The molecule has 1 aliphatic heterocycles. The first-order valence-corrected chi connectivity index (χ1v) is 5.04. The van der Waals surface area contributed by atoms with Crippen molar-refractivity contribution in [2.24, 2.45) is 5.73 Å². The van der Waals surface area contributed by atoms with E-state index in [9.17, 15) is 5.21 Å². The molecule has 0 spiro atoms. The van der Waals surface area contributed by atoms with Gasteiger partial charge in [0.2, 0.25) is 0 Å². The SMILES string of the molecule is CCCNC1=[N+]([O-])C(N)=CC(N(C)C)N1. The largest absolute Gasteiger partial charge is 0.754 e. The number of nitrogens with zero attached hydrogens (tertiary/aromatic N) is 2. The lowest BCUT2D eigenvalue weighted by Crippen LogP contribution is -2.55. The Labute approximate surface area is 90.0 Å². The van der Waals surface area contributed by atoms with Crippen LogP contribution in [0.3, 0.4) is 0 Å². The van der Waals surface area contributed by atoms with Crippen molar-refractivity contribution in [3.8, 4) is 0 Å². The Morgan fingerprint density at radius 3 is 2.87 bits per heavy atom. The van der Waals surface area contributed by atoms with Crippen molar-refractivity contribution >= 4 is 5.96 Å². The van der Waals surface area contributed by atoms with Gasteiger partial charge in [-0.3, -0.25) is 15.5 Å². The molecule has 0 saturated carbocycles. The summed E-state index contributed by atoms with van der Waals surface area (Å²) in [6, 6.07) is 0. The second kappa shape index (κ2) is 4.88. The molecule has 6 heteroatoms. The maximum atomic E-state index is 11.5. The molecule has 1 aliphatic rings. The summed E-state index contributed by atoms with van der Waals surface area (Å²) in [6.45, 7) is 2.78. The van der Waals surface area contributed by atoms with Crippen molar-refractivity contribution in [3.63, 3.8) is 0 Å². The molecule has 0 aromatic heterocycles. The summed E-state index contributed by atoms with van der Waals surface area (Å²) in [6.07, 6.45) is 2.59. The highest BCUT2D eigenvalue weighted by molar-refractivity contribution is 5.76. The predicted octanol–water partition coefficient (Wildman–Crippen LogP) is -0.857. The van der Waals surface area contributed by atoms with Gasteiger partial charge in [0.1, 0.15) is 6.17 Å². The Balaban J connectivity index is 2.75. The molecular weight excluding hydrogens is 194 g/mol. The highest BCUT2D eigenvalue weighted by Gasteiger charge is 2.21. The highest BCUT2D eigenvalue weighted by atomic mass is 16.5. The van der Waals surface area contributed by atoms with E-state index in [4.69, 9.17) is 5.73 Å².